The Morgan fingerprint density at radius 2 is 1.60 bits per heavy atom. The number of carbonyl (C=O) groups excluding carboxylic acids is 1. The predicted molar refractivity (Wildman–Crippen MR) is 168 cm³/mol. The lowest BCUT2D eigenvalue weighted by atomic mass is 9.93. The number of aromatic nitrogens is 3. The van der Waals surface area contributed by atoms with Crippen LogP contribution in [0, 0.1) is 5.41 Å². The zero-order valence-electron chi connectivity index (χ0n) is 25.1. The molecule has 2 heterocycles. The van der Waals surface area contributed by atoms with Crippen LogP contribution >= 0.6 is 0 Å². The van der Waals surface area contributed by atoms with E-state index in [1.807, 2.05) is 75.5 Å². The van der Waals surface area contributed by atoms with E-state index < -0.39 is 0 Å². The van der Waals surface area contributed by atoms with Gasteiger partial charge in [0, 0.05) is 35.0 Å². The Labute approximate surface area is 247 Å². The molecule has 224 valence electrons. The first kappa shape index (κ1) is 33.4. The van der Waals surface area contributed by atoms with E-state index in [1.165, 1.54) is 13.4 Å². The minimum atomic E-state index is -0.118. The summed E-state index contributed by atoms with van der Waals surface area (Å²) in [5, 5.41) is 19.4. The lowest BCUT2D eigenvalue weighted by Crippen LogP contribution is -2.19. The highest BCUT2D eigenvalue weighted by atomic mass is 16.5. The summed E-state index contributed by atoms with van der Waals surface area (Å²) in [5.74, 6) is 2.86. The van der Waals surface area contributed by atoms with Gasteiger partial charge in [-0.15, -0.1) is 0 Å². The first-order valence-electron chi connectivity index (χ1n) is 13.2. The Kier molecular flexibility index (Phi) is 12.6. The molecular weight excluding hydrogens is 534 g/mol. The average Bonchev–Trinajstić information content (AvgIpc) is 3.46. The lowest BCUT2D eigenvalue weighted by Gasteiger charge is -2.15. The van der Waals surface area contributed by atoms with E-state index in [0.717, 1.165) is 29.4 Å². The number of nitrogens with zero attached hydrogens (tertiary/aromatic N) is 4. The second-order valence-electron chi connectivity index (χ2n) is 10.2. The van der Waals surface area contributed by atoms with Crippen molar-refractivity contribution in [3.05, 3.63) is 77.8 Å². The Morgan fingerprint density at radius 1 is 1.00 bits per heavy atom. The van der Waals surface area contributed by atoms with Gasteiger partial charge in [-0.2, -0.15) is 0 Å². The van der Waals surface area contributed by atoms with E-state index in [1.54, 1.807) is 0 Å². The molecule has 0 bridgehead atoms. The molecule has 0 aliphatic carbocycles. The van der Waals surface area contributed by atoms with Gasteiger partial charge >= 0.3 is 0 Å². The van der Waals surface area contributed by atoms with Crippen LogP contribution in [0.3, 0.4) is 0 Å². The summed E-state index contributed by atoms with van der Waals surface area (Å²) in [6.45, 7) is 9.62. The molecule has 0 unspecified atom stereocenters. The molecule has 0 amide bonds. The SMILES string of the molecule is C=O.CN.CN(C)CCOc1ccc(C(=N)c2c(N)ncnc2Nc2ccc(Nc3cc(C(C)(C)C)on3)cc2)cc1. The van der Waals surface area contributed by atoms with E-state index in [-0.39, 0.29) is 16.9 Å². The van der Waals surface area contributed by atoms with Crippen LogP contribution < -0.4 is 26.8 Å². The van der Waals surface area contributed by atoms with Gasteiger partial charge in [0.05, 0.1) is 11.3 Å². The van der Waals surface area contributed by atoms with E-state index in [4.69, 9.17) is 25.2 Å². The second-order valence-corrected chi connectivity index (χ2v) is 10.2. The molecule has 7 N–H and O–H groups in total. The number of benzene rings is 2. The van der Waals surface area contributed by atoms with Gasteiger partial charge < -0.3 is 41.1 Å². The molecule has 12 nitrogen and oxygen atoms in total. The summed E-state index contributed by atoms with van der Waals surface area (Å²) in [7, 11) is 5.50. The summed E-state index contributed by atoms with van der Waals surface area (Å²) in [6.07, 6.45) is 1.38. The van der Waals surface area contributed by atoms with Crippen LogP contribution in [0.1, 0.15) is 37.7 Å². The number of hydrogen-bond acceptors (Lipinski definition) is 12. The highest BCUT2D eigenvalue weighted by molar-refractivity contribution is 6.16. The molecule has 0 atom stereocenters. The largest absolute Gasteiger partial charge is 0.492 e. The lowest BCUT2D eigenvalue weighted by molar-refractivity contribution is -0.0980. The van der Waals surface area contributed by atoms with Crippen molar-refractivity contribution in [2.45, 2.75) is 26.2 Å². The molecule has 0 saturated heterocycles. The van der Waals surface area contributed by atoms with Crippen molar-refractivity contribution in [1.82, 2.24) is 20.0 Å². The third-order valence-corrected chi connectivity index (χ3v) is 5.75. The van der Waals surface area contributed by atoms with Crippen LogP contribution in [0.15, 0.2) is 65.4 Å². The molecule has 0 spiro atoms. The number of likely N-dealkylation sites (N-methyl/N-ethyl adjacent to an activating group) is 1. The standard InChI is InChI=1S/C28H34N8O2.CH5N.CH2O/c1-28(2,3)22-16-23(35-38-22)33-19-8-10-20(11-9-19)34-27-24(26(30)31-17-32-27)25(29)18-6-12-21(13-7-18)37-15-14-36(4)5;2*1-2/h6-13,16-17,29H,14-15H2,1-5H3,(H,33,35)(H3,30,31,32,34);2H2,1H3;1H2. The first-order valence-corrected chi connectivity index (χ1v) is 13.2. The smallest absolute Gasteiger partial charge is 0.174 e. The van der Waals surface area contributed by atoms with Crippen molar-refractivity contribution >= 4 is 41.3 Å². The topological polar surface area (TPSA) is 181 Å². The Morgan fingerprint density at radius 3 is 2.14 bits per heavy atom. The van der Waals surface area contributed by atoms with Gasteiger partial charge in [-0.1, -0.05) is 25.9 Å². The summed E-state index contributed by atoms with van der Waals surface area (Å²) in [6, 6.07) is 16.9. The summed E-state index contributed by atoms with van der Waals surface area (Å²) in [5.41, 5.74) is 13.5. The normalized spacial score (nSPS) is 10.6. The van der Waals surface area contributed by atoms with Crippen LogP contribution in [-0.4, -0.2) is 66.8 Å². The van der Waals surface area contributed by atoms with Crippen LogP contribution in [0.2, 0.25) is 0 Å². The molecule has 4 rings (SSSR count). The predicted octanol–water partition coefficient (Wildman–Crippen LogP) is 4.58. The maximum absolute atomic E-state index is 8.81. The van der Waals surface area contributed by atoms with Crippen molar-refractivity contribution in [3.8, 4) is 5.75 Å². The van der Waals surface area contributed by atoms with Crippen LogP contribution in [0.4, 0.5) is 28.8 Å². The van der Waals surface area contributed by atoms with Gasteiger partial charge in [-0.3, -0.25) is 5.41 Å². The first-order chi connectivity index (χ1) is 20.1. The zero-order chi connectivity index (χ0) is 31.3. The fraction of sp³-hybridized carbons (Fsp3) is 0.300. The molecule has 0 saturated carbocycles. The van der Waals surface area contributed by atoms with Gasteiger partial charge in [0.1, 0.15) is 42.9 Å². The molecule has 2 aromatic carbocycles. The van der Waals surface area contributed by atoms with Gasteiger partial charge in [0.25, 0.3) is 0 Å². The summed E-state index contributed by atoms with van der Waals surface area (Å²) in [4.78, 5) is 18.5. The Balaban J connectivity index is 0.00000148. The van der Waals surface area contributed by atoms with Crippen molar-refractivity contribution in [3.63, 3.8) is 0 Å². The molecular formula is C30H41N9O3. The highest BCUT2D eigenvalue weighted by Gasteiger charge is 2.20. The number of carbonyl (C=O) groups is 1. The minimum Gasteiger partial charge on any atom is -0.492 e. The van der Waals surface area contributed by atoms with Gasteiger partial charge in [-0.05, 0) is 69.7 Å². The van der Waals surface area contributed by atoms with Gasteiger partial charge in [-0.25, -0.2) is 9.97 Å². The monoisotopic (exact) mass is 575 g/mol. The van der Waals surface area contributed by atoms with Gasteiger partial charge in [0.2, 0.25) is 0 Å². The van der Waals surface area contributed by atoms with E-state index in [0.29, 0.717) is 29.4 Å². The third-order valence-electron chi connectivity index (χ3n) is 5.75. The van der Waals surface area contributed by atoms with E-state index in [9.17, 15) is 0 Å². The molecule has 0 aliphatic heterocycles. The molecule has 0 radical (unpaired) electrons. The minimum absolute atomic E-state index is 0.118. The second kappa shape index (κ2) is 15.8. The van der Waals surface area contributed by atoms with Crippen LogP contribution in [-0.2, 0) is 10.2 Å². The number of ether oxygens (including phenoxy) is 1. The van der Waals surface area contributed by atoms with E-state index >= 15 is 0 Å². The highest BCUT2D eigenvalue weighted by Crippen LogP contribution is 2.28. The quantitative estimate of drug-likeness (QED) is 0.167. The van der Waals surface area contributed by atoms with E-state index in [2.05, 4.69) is 57.2 Å². The maximum Gasteiger partial charge on any atom is 0.174 e. The molecule has 42 heavy (non-hydrogen) atoms. The fourth-order valence-electron chi connectivity index (χ4n) is 3.56. The number of nitrogens with one attached hydrogen (secondary N) is 3. The zero-order valence-corrected chi connectivity index (χ0v) is 25.1. The Hall–Kier alpha value is -4.81. The number of anilines is 5. The van der Waals surface area contributed by atoms with Crippen LogP contribution in [0.25, 0.3) is 0 Å². The average molecular weight is 576 g/mol. The van der Waals surface area contributed by atoms with Crippen molar-refractivity contribution in [1.29, 1.82) is 5.41 Å². The van der Waals surface area contributed by atoms with Crippen molar-refractivity contribution < 1.29 is 14.1 Å². The maximum atomic E-state index is 8.81. The third kappa shape index (κ3) is 9.39. The Bertz CT molecular complexity index is 1400. The molecule has 0 fully saturated rings. The van der Waals surface area contributed by atoms with Crippen molar-refractivity contribution in [2.24, 2.45) is 5.73 Å². The summed E-state index contributed by atoms with van der Waals surface area (Å²) >= 11 is 0. The fourth-order valence-corrected chi connectivity index (χ4v) is 3.56. The van der Waals surface area contributed by atoms with Crippen molar-refractivity contribution in [2.75, 3.05) is 50.7 Å². The number of hydrogen-bond donors (Lipinski definition) is 5. The van der Waals surface area contributed by atoms with Crippen LogP contribution in [0.5, 0.6) is 5.75 Å². The molecule has 4 aromatic rings. The number of nitrogens with two attached hydrogens (primary N) is 2. The number of nitrogen functional groups attached to an aromatic ring is 1. The molecule has 0 aliphatic rings. The number of rotatable bonds is 10. The molecule has 2 aromatic heterocycles. The molecule has 12 heteroatoms. The summed E-state index contributed by atoms with van der Waals surface area (Å²) < 4.78 is 11.2. The van der Waals surface area contributed by atoms with Gasteiger partial charge in [0.15, 0.2) is 5.82 Å².